The minimum absolute atomic E-state index is 0.0540. The Hall–Kier alpha value is -3.15. The highest BCUT2D eigenvalue weighted by molar-refractivity contribution is 5.77. The highest BCUT2D eigenvalue weighted by Gasteiger charge is 2.58. The SMILES string of the molecule is N#Cc1ccc(=O)n(CC2CC3(C2)CN(C(=O)N2CC4(CC(c5n[nH]c(C6CC6)n5)C4)C2)C3)c1. The van der Waals surface area contributed by atoms with Crippen molar-refractivity contribution < 1.29 is 4.79 Å². The van der Waals surface area contributed by atoms with Crippen LogP contribution in [0.1, 0.15) is 67.6 Å². The summed E-state index contributed by atoms with van der Waals surface area (Å²) in [6.45, 7) is 4.07. The molecule has 2 aliphatic heterocycles. The Bertz CT molecular complexity index is 1240. The highest BCUT2D eigenvalue weighted by atomic mass is 16.2. The molecule has 0 radical (unpaired) electrons. The van der Waals surface area contributed by atoms with Gasteiger partial charge in [-0.3, -0.25) is 9.89 Å². The number of nitrogens with one attached hydrogen (secondary N) is 1. The molecule has 2 amide bonds. The number of rotatable bonds is 4. The maximum atomic E-state index is 12.9. The Kier molecular flexibility index (Phi) is 4.13. The number of likely N-dealkylation sites (tertiary alicyclic amines) is 2. The molecule has 176 valence electrons. The third-order valence-electron chi connectivity index (χ3n) is 8.86. The van der Waals surface area contributed by atoms with Gasteiger partial charge in [0.1, 0.15) is 11.9 Å². The number of urea groups is 1. The molecule has 4 heterocycles. The van der Waals surface area contributed by atoms with E-state index < -0.39 is 0 Å². The molecule has 9 heteroatoms. The second-order valence-corrected chi connectivity index (χ2v) is 11.7. The van der Waals surface area contributed by atoms with E-state index in [-0.39, 0.29) is 22.4 Å². The Morgan fingerprint density at radius 3 is 2.38 bits per heavy atom. The summed E-state index contributed by atoms with van der Waals surface area (Å²) < 4.78 is 1.66. The van der Waals surface area contributed by atoms with E-state index in [9.17, 15) is 9.59 Å². The Balaban J connectivity index is 0.863. The summed E-state index contributed by atoms with van der Waals surface area (Å²) in [5.74, 6) is 3.54. The lowest BCUT2D eigenvalue weighted by Crippen LogP contribution is -2.71. The standard InChI is InChI=1S/C25H29N7O2/c26-9-16-1-4-20(33)30(10-16)11-17-5-24(6-17)12-31(13-24)23(34)32-14-25(15-32)7-19(8-25)22-27-21(28-29-22)18-2-3-18/h1,4,10,17-19H,2-3,5-8,11-15H2,(H,27,28,29). The van der Waals surface area contributed by atoms with Crippen LogP contribution in [0.25, 0.3) is 0 Å². The van der Waals surface area contributed by atoms with Gasteiger partial charge in [0.25, 0.3) is 5.56 Å². The van der Waals surface area contributed by atoms with E-state index in [1.165, 1.54) is 18.9 Å². The molecule has 5 aliphatic rings. The lowest BCUT2D eigenvalue weighted by molar-refractivity contribution is -0.103. The number of nitriles is 1. The van der Waals surface area contributed by atoms with Gasteiger partial charge in [-0.25, -0.2) is 9.78 Å². The molecule has 0 unspecified atom stereocenters. The first-order valence-corrected chi connectivity index (χ1v) is 12.5. The van der Waals surface area contributed by atoms with Gasteiger partial charge in [-0.1, -0.05) is 0 Å². The van der Waals surface area contributed by atoms with Crippen LogP contribution >= 0.6 is 0 Å². The van der Waals surface area contributed by atoms with Crippen molar-refractivity contribution in [3.8, 4) is 6.07 Å². The number of pyridine rings is 1. The molecular formula is C25H29N7O2. The molecular weight excluding hydrogens is 430 g/mol. The number of carbonyl (C=O) groups excluding carboxylic acids is 1. The van der Waals surface area contributed by atoms with Crippen LogP contribution in [0.2, 0.25) is 0 Å². The average Bonchev–Trinajstić information content (AvgIpc) is 3.45. The summed E-state index contributed by atoms with van der Waals surface area (Å²) in [7, 11) is 0. The summed E-state index contributed by atoms with van der Waals surface area (Å²) >= 11 is 0. The molecule has 2 saturated heterocycles. The van der Waals surface area contributed by atoms with Crippen molar-refractivity contribution in [3.63, 3.8) is 0 Å². The van der Waals surface area contributed by atoms with Gasteiger partial charge in [0, 0.05) is 67.7 Å². The first-order valence-electron chi connectivity index (χ1n) is 12.5. The van der Waals surface area contributed by atoms with Gasteiger partial charge in [-0.15, -0.1) is 0 Å². The van der Waals surface area contributed by atoms with Crippen LogP contribution in [0.3, 0.4) is 0 Å². The topological polar surface area (TPSA) is 111 Å². The molecule has 0 aromatic carbocycles. The van der Waals surface area contributed by atoms with Gasteiger partial charge in [0.05, 0.1) is 5.56 Å². The first kappa shape index (κ1) is 20.2. The number of aromatic amines is 1. The molecule has 3 aliphatic carbocycles. The Morgan fingerprint density at radius 1 is 1.06 bits per heavy atom. The Labute approximate surface area is 197 Å². The van der Waals surface area contributed by atoms with Crippen LogP contribution in [0.5, 0.6) is 0 Å². The number of carbonyl (C=O) groups is 1. The van der Waals surface area contributed by atoms with E-state index in [4.69, 9.17) is 10.2 Å². The molecule has 0 bridgehead atoms. The van der Waals surface area contributed by atoms with E-state index in [0.717, 1.165) is 63.5 Å². The Morgan fingerprint density at radius 2 is 1.74 bits per heavy atom. The summed E-state index contributed by atoms with van der Waals surface area (Å²) in [5, 5.41) is 16.6. The molecule has 34 heavy (non-hydrogen) atoms. The van der Waals surface area contributed by atoms with Crippen LogP contribution in [-0.2, 0) is 6.54 Å². The minimum atomic E-state index is -0.0540. The number of hydrogen-bond acceptors (Lipinski definition) is 5. The van der Waals surface area contributed by atoms with E-state index in [2.05, 4.69) is 16.3 Å². The van der Waals surface area contributed by atoms with Crippen molar-refractivity contribution in [2.75, 3.05) is 26.2 Å². The van der Waals surface area contributed by atoms with Crippen molar-refractivity contribution in [2.45, 2.75) is 56.9 Å². The molecule has 9 nitrogen and oxygen atoms in total. The molecule has 2 aromatic rings. The number of amides is 2. The normalized spacial score (nSPS) is 24.8. The summed E-state index contributed by atoms with van der Waals surface area (Å²) in [4.78, 5) is 33.7. The maximum absolute atomic E-state index is 12.9. The quantitative estimate of drug-likeness (QED) is 0.755. The minimum Gasteiger partial charge on any atom is -0.323 e. The number of nitrogens with zero attached hydrogens (tertiary/aromatic N) is 6. The van der Waals surface area contributed by atoms with Crippen molar-refractivity contribution in [2.24, 2.45) is 16.7 Å². The molecule has 2 aromatic heterocycles. The van der Waals surface area contributed by atoms with Gasteiger partial charge >= 0.3 is 6.03 Å². The van der Waals surface area contributed by atoms with Crippen LogP contribution in [-0.4, -0.2) is 61.8 Å². The summed E-state index contributed by atoms with van der Waals surface area (Å²) in [6, 6.07) is 5.33. The fourth-order valence-electron chi connectivity index (χ4n) is 7.00. The predicted molar refractivity (Wildman–Crippen MR) is 122 cm³/mol. The van der Waals surface area contributed by atoms with Gasteiger partial charge < -0.3 is 14.4 Å². The fourth-order valence-corrected chi connectivity index (χ4v) is 7.00. The third-order valence-corrected chi connectivity index (χ3v) is 8.86. The number of aromatic nitrogens is 4. The zero-order chi connectivity index (χ0) is 23.1. The van der Waals surface area contributed by atoms with Crippen LogP contribution in [0, 0.1) is 28.1 Å². The zero-order valence-corrected chi connectivity index (χ0v) is 19.2. The molecule has 2 spiro atoms. The van der Waals surface area contributed by atoms with Crippen molar-refractivity contribution in [1.82, 2.24) is 29.5 Å². The van der Waals surface area contributed by atoms with Crippen molar-refractivity contribution in [1.29, 1.82) is 5.26 Å². The second-order valence-electron chi connectivity index (χ2n) is 11.7. The van der Waals surface area contributed by atoms with E-state index in [0.29, 0.717) is 29.9 Å². The molecule has 5 fully saturated rings. The summed E-state index contributed by atoms with van der Waals surface area (Å²) in [6.07, 6.45) is 8.40. The summed E-state index contributed by atoms with van der Waals surface area (Å²) in [5.41, 5.74) is 0.992. The molecule has 7 rings (SSSR count). The van der Waals surface area contributed by atoms with E-state index >= 15 is 0 Å². The van der Waals surface area contributed by atoms with Gasteiger partial charge in [0.15, 0.2) is 5.82 Å². The fraction of sp³-hybridized carbons (Fsp3) is 0.640. The highest BCUT2D eigenvalue weighted by Crippen LogP contribution is 2.57. The molecule has 1 N–H and O–H groups in total. The van der Waals surface area contributed by atoms with Crippen LogP contribution < -0.4 is 5.56 Å². The lowest BCUT2D eigenvalue weighted by Gasteiger charge is -2.63. The smallest absolute Gasteiger partial charge is 0.320 e. The average molecular weight is 460 g/mol. The van der Waals surface area contributed by atoms with Crippen molar-refractivity contribution >= 4 is 6.03 Å². The maximum Gasteiger partial charge on any atom is 0.320 e. The largest absolute Gasteiger partial charge is 0.323 e. The lowest BCUT2D eigenvalue weighted by atomic mass is 9.57. The second kappa shape index (κ2) is 6.94. The van der Waals surface area contributed by atoms with Gasteiger partial charge in [-0.05, 0) is 50.5 Å². The van der Waals surface area contributed by atoms with Crippen LogP contribution in [0.4, 0.5) is 4.79 Å². The third kappa shape index (κ3) is 3.18. The first-order chi connectivity index (χ1) is 16.4. The number of H-pyrrole nitrogens is 1. The predicted octanol–water partition coefficient (Wildman–Crippen LogP) is 2.43. The van der Waals surface area contributed by atoms with E-state index in [1.807, 2.05) is 9.80 Å². The van der Waals surface area contributed by atoms with Gasteiger partial charge in [-0.2, -0.15) is 10.4 Å². The van der Waals surface area contributed by atoms with Gasteiger partial charge in [0.2, 0.25) is 0 Å². The number of hydrogen-bond donors (Lipinski definition) is 1. The van der Waals surface area contributed by atoms with E-state index in [1.54, 1.807) is 16.8 Å². The monoisotopic (exact) mass is 459 g/mol. The molecule has 3 saturated carbocycles. The zero-order valence-electron chi connectivity index (χ0n) is 19.2. The van der Waals surface area contributed by atoms with Crippen LogP contribution in [0.15, 0.2) is 23.1 Å². The molecule has 0 atom stereocenters. The van der Waals surface area contributed by atoms with Crippen molar-refractivity contribution in [3.05, 3.63) is 45.9 Å².